The summed E-state index contributed by atoms with van der Waals surface area (Å²) in [5.41, 5.74) is 0. The van der Waals surface area contributed by atoms with Crippen molar-refractivity contribution in [2.24, 2.45) is 0 Å². The highest BCUT2D eigenvalue weighted by Crippen LogP contribution is 2.38. The molecule has 0 aromatic carbocycles. The van der Waals surface area contributed by atoms with Gasteiger partial charge in [0.1, 0.15) is 0 Å². The predicted octanol–water partition coefficient (Wildman–Crippen LogP) is -0.952. The Bertz CT molecular complexity index is 268. The molecule has 0 spiro atoms. The zero-order valence-electron chi connectivity index (χ0n) is 8.91. The van der Waals surface area contributed by atoms with Crippen molar-refractivity contribution in [3.05, 3.63) is 0 Å². The first-order chi connectivity index (χ1) is 7.29. The van der Waals surface area contributed by atoms with Crippen molar-refractivity contribution in [3.63, 3.8) is 0 Å². The van der Waals surface area contributed by atoms with Crippen LogP contribution in [0.25, 0.3) is 0 Å². The molecule has 0 saturated carbocycles. The molecule has 0 aromatic heterocycles. The Morgan fingerprint density at radius 2 is 2.06 bits per heavy atom. The molecule has 8 nitrogen and oxygen atoms in total. The van der Waals surface area contributed by atoms with E-state index in [1.54, 1.807) is 6.92 Å². The first-order valence-corrected chi connectivity index (χ1v) is 6.40. The number of amides is 1. The molecule has 0 fully saturated rings. The van der Waals surface area contributed by atoms with Gasteiger partial charge in [0, 0.05) is 13.0 Å². The van der Waals surface area contributed by atoms with Gasteiger partial charge in [-0.3, -0.25) is 19.9 Å². The highest BCUT2D eigenvalue weighted by Gasteiger charge is 2.25. The summed E-state index contributed by atoms with van der Waals surface area (Å²) in [6.07, 6.45) is 0.764. The van der Waals surface area contributed by atoms with E-state index in [0.29, 0.717) is 11.5 Å². The lowest BCUT2D eigenvalue weighted by atomic mass is 10.3. The lowest BCUT2D eigenvalue weighted by Gasteiger charge is -2.17. The molecule has 1 amide bonds. The van der Waals surface area contributed by atoms with Crippen molar-refractivity contribution in [1.82, 2.24) is 10.4 Å². The van der Waals surface area contributed by atoms with Crippen molar-refractivity contribution in [2.45, 2.75) is 25.6 Å². The van der Waals surface area contributed by atoms with Gasteiger partial charge in [0.2, 0.25) is 5.91 Å². The van der Waals surface area contributed by atoms with E-state index >= 15 is 0 Å². The fourth-order valence-corrected chi connectivity index (χ4v) is 1.22. The first-order valence-electron chi connectivity index (χ1n) is 4.72. The minimum absolute atomic E-state index is 0.180. The van der Waals surface area contributed by atoms with Crippen LogP contribution in [0.1, 0.15) is 19.8 Å². The lowest BCUT2D eigenvalue weighted by Crippen LogP contribution is -2.39. The molecular weight excluding hydrogens is 239 g/mol. The standard InChI is InChI=1S/C7H17N2O6P/c1-2-3-6(10)9(12)5-8-4-7(11)16(13,14)15/h7-8,11-12H,2-5H2,1H3,(H2,13,14,15). The Balaban J connectivity index is 3.82. The van der Waals surface area contributed by atoms with Gasteiger partial charge in [-0.2, -0.15) is 0 Å². The molecule has 9 heteroatoms. The molecule has 0 aromatic rings. The van der Waals surface area contributed by atoms with Crippen LogP contribution in [0.4, 0.5) is 0 Å². The van der Waals surface area contributed by atoms with Gasteiger partial charge >= 0.3 is 7.60 Å². The zero-order chi connectivity index (χ0) is 12.8. The number of hydrogen-bond acceptors (Lipinski definition) is 5. The summed E-state index contributed by atoms with van der Waals surface area (Å²) >= 11 is 0. The summed E-state index contributed by atoms with van der Waals surface area (Å²) < 4.78 is 10.5. The van der Waals surface area contributed by atoms with Gasteiger partial charge in [-0.05, 0) is 6.42 Å². The van der Waals surface area contributed by atoms with Crippen LogP contribution in [0.5, 0.6) is 0 Å². The second kappa shape index (κ2) is 6.95. The summed E-state index contributed by atoms with van der Waals surface area (Å²) in [5.74, 6) is -2.34. The molecule has 0 radical (unpaired) electrons. The number of hydrogen-bond donors (Lipinski definition) is 5. The molecular formula is C7H17N2O6P. The second-order valence-corrected chi connectivity index (χ2v) is 5.00. The van der Waals surface area contributed by atoms with E-state index < -0.39 is 25.9 Å². The maximum atomic E-state index is 11.0. The maximum absolute atomic E-state index is 11.0. The van der Waals surface area contributed by atoms with E-state index in [4.69, 9.17) is 20.1 Å². The fourth-order valence-electron chi connectivity index (χ4n) is 0.850. The number of nitrogens with zero attached hydrogens (tertiary/aromatic N) is 1. The van der Waals surface area contributed by atoms with Crippen molar-refractivity contribution < 1.29 is 29.5 Å². The molecule has 96 valence electrons. The molecule has 5 N–H and O–H groups in total. The molecule has 16 heavy (non-hydrogen) atoms. The number of aliphatic hydroxyl groups excluding tert-OH is 1. The molecule has 0 saturated heterocycles. The molecule has 1 atom stereocenters. The number of aliphatic hydroxyl groups is 1. The van der Waals surface area contributed by atoms with E-state index in [9.17, 15) is 9.36 Å². The van der Waals surface area contributed by atoms with E-state index in [-0.39, 0.29) is 13.1 Å². The van der Waals surface area contributed by atoms with Crippen LogP contribution in [0.3, 0.4) is 0 Å². The Kier molecular flexibility index (Phi) is 6.73. The summed E-state index contributed by atoms with van der Waals surface area (Å²) in [4.78, 5) is 28.1. The third kappa shape index (κ3) is 6.16. The van der Waals surface area contributed by atoms with Crippen LogP contribution in [0, 0.1) is 0 Å². The Hall–Kier alpha value is -0.500. The average molecular weight is 256 g/mol. The number of rotatable bonds is 7. The van der Waals surface area contributed by atoms with Crippen LogP contribution in [-0.2, 0) is 9.36 Å². The summed E-state index contributed by atoms with van der Waals surface area (Å²) in [5, 5.41) is 20.8. The van der Waals surface area contributed by atoms with Gasteiger partial charge in [-0.1, -0.05) is 6.92 Å². The topological polar surface area (TPSA) is 130 Å². The van der Waals surface area contributed by atoms with Crippen molar-refractivity contribution in [1.29, 1.82) is 0 Å². The SMILES string of the molecule is CCCC(=O)N(O)CNCC(O)P(=O)(O)O. The molecule has 0 aliphatic heterocycles. The van der Waals surface area contributed by atoms with Crippen LogP contribution >= 0.6 is 7.60 Å². The van der Waals surface area contributed by atoms with Gasteiger partial charge in [-0.25, -0.2) is 5.06 Å². The fraction of sp³-hybridized carbons (Fsp3) is 0.857. The minimum Gasteiger partial charge on any atom is -0.379 e. The maximum Gasteiger partial charge on any atom is 0.355 e. The Morgan fingerprint density at radius 1 is 1.50 bits per heavy atom. The van der Waals surface area contributed by atoms with E-state index in [2.05, 4.69) is 5.32 Å². The predicted molar refractivity (Wildman–Crippen MR) is 54.5 cm³/mol. The van der Waals surface area contributed by atoms with Crippen molar-refractivity contribution >= 4 is 13.5 Å². The van der Waals surface area contributed by atoms with Crippen molar-refractivity contribution in [3.8, 4) is 0 Å². The lowest BCUT2D eigenvalue weighted by molar-refractivity contribution is -0.167. The second-order valence-electron chi connectivity index (χ2n) is 3.23. The molecule has 0 rings (SSSR count). The monoisotopic (exact) mass is 256 g/mol. The molecule has 0 aliphatic rings. The molecule has 0 bridgehead atoms. The summed E-state index contributed by atoms with van der Waals surface area (Å²) in [6, 6.07) is 0. The van der Waals surface area contributed by atoms with Gasteiger partial charge in [0.25, 0.3) is 0 Å². The number of hydroxylamine groups is 2. The molecule has 0 aliphatic carbocycles. The van der Waals surface area contributed by atoms with Crippen LogP contribution in [0.15, 0.2) is 0 Å². The number of carbonyl (C=O) groups excluding carboxylic acids is 1. The van der Waals surface area contributed by atoms with Gasteiger partial charge in [-0.15, -0.1) is 0 Å². The van der Waals surface area contributed by atoms with Crippen LogP contribution < -0.4 is 5.32 Å². The molecule has 1 unspecified atom stereocenters. The first kappa shape index (κ1) is 15.5. The quantitative estimate of drug-likeness (QED) is 0.172. The normalized spacial score (nSPS) is 13.6. The average Bonchev–Trinajstić information content (AvgIpc) is 2.16. The summed E-state index contributed by atoms with van der Waals surface area (Å²) in [6.45, 7) is 1.06. The van der Waals surface area contributed by atoms with Crippen LogP contribution in [0.2, 0.25) is 0 Å². The number of carbonyl (C=O) groups is 1. The van der Waals surface area contributed by atoms with Crippen molar-refractivity contribution in [2.75, 3.05) is 13.2 Å². The smallest absolute Gasteiger partial charge is 0.355 e. The zero-order valence-corrected chi connectivity index (χ0v) is 9.80. The van der Waals surface area contributed by atoms with E-state index in [1.165, 1.54) is 0 Å². The highest BCUT2D eigenvalue weighted by atomic mass is 31.2. The van der Waals surface area contributed by atoms with Gasteiger partial charge in [0.15, 0.2) is 5.85 Å². The Labute approximate surface area is 93.0 Å². The van der Waals surface area contributed by atoms with E-state index in [0.717, 1.165) is 0 Å². The van der Waals surface area contributed by atoms with E-state index in [1.807, 2.05) is 0 Å². The minimum atomic E-state index is -4.55. The largest absolute Gasteiger partial charge is 0.379 e. The molecule has 0 heterocycles. The Morgan fingerprint density at radius 3 is 2.50 bits per heavy atom. The third-order valence-corrected chi connectivity index (χ3v) is 2.69. The number of nitrogens with one attached hydrogen (secondary N) is 1. The summed E-state index contributed by atoms with van der Waals surface area (Å²) in [7, 11) is -4.55. The van der Waals surface area contributed by atoms with Crippen LogP contribution in [-0.4, -0.2) is 50.1 Å². The highest BCUT2D eigenvalue weighted by molar-refractivity contribution is 7.52. The van der Waals surface area contributed by atoms with Gasteiger partial charge in [0.05, 0.1) is 6.67 Å². The van der Waals surface area contributed by atoms with Gasteiger partial charge < -0.3 is 14.9 Å². The third-order valence-electron chi connectivity index (χ3n) is 1.73.